The summed E-state index contributed by atoms with van der Waals surface area (Å²) >= 11 is 0. The molecule has 5 nitrogen and oxygen atoms in total. The lowest BCUT2D eigenvalue weighted by Crippen LogP contribution is -2.04. The van der Waals surface area contributed by atoms with Gasteiger partial charge in [-0.05, 0) is 36.8 Å². The number of benzene rings is 2. The highest BCUT2D eigenvalue weighted by molar-refractivity contribution is 5.93. The quantitative estimate of drug-likeness (QED) is 0.516. The number of pyridine rings is 1. The molecule has 1 atom stereocenters. The number of anilines is 2. The number of para-hydroxylation sites is 1. The van der Waals surface area contributed by atoms with Crippen LogP contribution in [0.1, 0.15) is 23.1 Å². The first kappa shape index (κ1) is 16.2. The maximum atomic E-state index is 13.2. The zero-order chi connectivity index (χ0) is 18.1. The minimum atomic E-state index is -0.957. The third-order valence-corrected chi connectivity index (χ3v) is 4.17. The van der Waals surface area contributed by atoms with Crippen molar-refractivity contribution in [1.82, 2.24) is 15.2 Å². The van der Waals surface area contributed by atoms with Crippen molar-refractivity contribution in [2.75, 3.05) is 5.32 Å². The number of halogens is 1. The summed E-state index contributed by atoms with van der Waals surface area (Å²) < 4.78 is 13.2. The van der Waals surface area contributed by atoms with E-state index in [1.807, 2.05) is 37.3 Å². The molecule has 2 heterocycles. The van der Waals surface area contributed by atoms with Crippen LogP contribution < -0.4 is 5.32 Å². The molecule has 4 aromatic rings. The molecule has 26 heavy (non-hydrogen) atoms. The van der Waals surface area contributed by atoms with Crippen molar-refractivity contribution < 1.29 is 9.50 Å². The van der Waals surface area contributed by atoms with E-state index in [0.717, 1.165) is 22.3 Å². The summed E-state index contributed by atoms with van der Waals surface area (Å²) in [7, 11) is 0. The number of aliphatic hydroxyl groups is 1. The lowest BCUT2D eigenvalue weighted by Gasteiger charge is -2.15. The first-order valence-electron chi connectivity index (χ1n) is 8.22. The van der Waals surface area contributed by atoms with E-state index in [2.05, 4.69) is 20.5 Å². The van der Waals surface area contributed by atoms with E-state index < -0.39 is 6.10 Å². The predicted octanol–water partition coefficient (Wildman–Crippen LogP) is 4.23. The van der Waals surface area contributed by atoms with Gasteiger partial charge in [0.25, 0.3) is 0 Å². The largest absolute Gasteiger partial charge is 0.382 e. The van der Waals surface area contributed by atoms with Gasteiger partial charge in [0.1, 0.15) is 11.9 Å². The second kappa shape index (κ2) is 6.57. The maximum absolute atomic E-state index is 13.2. The van der Waals surface area contributed by atoms with E-state index >= 15 is 0 Å². The molecule has 3 N–H and O–H groups in total. The summed E-state index contributed by atoms with van der Waals surface area (Å²) in [6.07, 6.45) is -0.957. The van der Waals surface area contributed by atoms with Gasteiger partial charge >= 0.3 is 0 Å². The Morgan fingerprint density at radius 1 is 1.08 bits per heavy atom. The molecule has 0 spiro atoms. The molecular formula is C20H17FN4O. The Bertz CT molecular complexity index is 1060. The van der Waals surface area contributed by atoms with Gasteiger partial charge in [0.15, 0.2) is 5.82 Å². The fraction of sp³-hybridized carbons (Fsp3) is 0.100. The zero-order valence-corrected chi connectivity index (χ0v) is 14.1. The molecule has 0 unspecified atom stereocenters. The summed E-state index contributed by atoms with van der Waals surface area (Å²) in [5, 5.41) is 22.0. The van der Waals surface area contributed by atoms with E-state index in [1.54, 1.807) is 18.2 Å². The third-order valence-electron chi connectivity index (χ3n) is 4.17. The number of rotatable bonds is 4. The van der Waals surface area contributed by atoms with E-state index in [1.165, 1.54) is 12.1 Å². The highest BCUT2D eigenvalue weighted by atomic mass is 19.1. The Hall–Kier alpha value is -3.25. The zero-order valence-electron chi connectivity index (χ0n) is 14.1. The standard InChI is InChI=1S/C20H17FN4O/c1-12-10-19(25-24-12)23-17-11-18(22-16-5-3-2-4-15(16)17)20(26)13-6-8-14(21)9-7-13/h2-11,20,26H,1H3,(H2,22,23,24,25)/t20-/m1/s1. The second-order valence-corrected chi connectivity index (χ2v) is 6.13. The Morgan fingerprint density at radius 2 is 1.85 bits per heavy atom. The average Bonchev–Trinajstić information content (AvgIpc) is 3.06. The van der Waals surface area contributed by atoms with Crippen molar-refractivity contribution in [2.45, 2.75) is 13.0 Å². The van der Waals surface area contributed by atoms with Gasteiger partial charge in [-0.1, -0.05) is 30.3 Å². The van der Waals surface area contributed by atoms with Crippen LogP contribution in [0.25, 0.3) is 10.9 Å². The van der Waals surface area contributed by atoms with Crippen LogP contribution in [0.4, 0.5) is 15.9 Å². The molecule has 0 fully saturated rings. The topological polar surface area (TPSA) is 73.8 Å². The molecule has 2 aromatic heterocycles. The number of nitrogens with zero attached hydrogens (tertiary/aromatic N) is 2. The number of hydrogen-bond donors (Lipinski definition) is 3. The molecule has 0 aliphatic heterocycles. The summed E-state index contributed by atoms with van der Waals surface area (Å²) in [6, 6.07) is 17.1. The number of nitrogens with one attached hydrogen (secondary N) is 2. The fourth-order valence-electron chi connectivity index (χ4n) is 2.88. The van der Waals surface area contributed by atoms with E-state index in [4.69, 9.17) is 0 Å². The van der Waals surface area contributed by atoms with Crippen molar-refractivity contribution >= 4 is 22.4 Å². The van der Waals surface area contributed by atoms with Gasteiger partial charge in [0, 0.05) is 17.1 Å². The SMILES string of the molecule is Cc1cc(Nc2cc([C@H](O)c3ccc(F)cc3)nc3ccccc23)n[nH]1. The van der Waals surface area contributed by atoms with Gasteiger partial charge in [-0.15, -0.1) is 0 Å². The van der Waals surface area contributed by atoms with Crippen molar-refractivity contribution in [3.05, 3.63) is 83.4 Å². The molecule has 0 amide bonds. The monoisotopic (exact) mass is 348 g/mol. The highest BCUT2D eigenvalue weighted by Gasteiger charge is 2.15. The smallest absolute Gasteiger partial charge is 0.152 e. The third kappa shape index (κ3) is 3.14. The van der Waals surface area contributed by atoms with Gasteiger partial charge < -0.3 is 10.4 Å². The molecule has 2 aromatic carbocycles. The van der Waals surface area contributed by atoms with Gasteiger partial charge in [-0.25, -0.2) is 9.37 Å². The van der Waals surface area contributed by atoms with Crippen LogP contribution in [-0.4, -0.2) is 20.3 Å². The Labute approximate surface area is 149 Å². The molecule has 0 saturated heterocycles. The molecule has 0 bridgehead atoms. The number of aromatic nitrogens is 3. The maximum Gasteiger partial charge on any atom is 0.152 e. The normalized spacial score (nSPS) is 12.3. The molecule has 4 rings (SSSR count). The number of aromatic amines is 1. The minimum Gasteiger partial charge on any atom is -0.382 e. The Morgan fingerprint density at radius 3 is 2.58 bits per heavy atom. The number of aliphatic hydroxyl groups excluding tert-OH is 1. The van der Waals surface area contributed by atoms with Crippen LogP contribution in [0.3, 0.4) is 0 Å². The second-order valence-electron chi connectivity index (χ2n) is 6.13. The molecule has 0 aliphatic carbocycles. The Balaban J connectivity index is 1.79. The van der Waals surface area contributed by atoms with Crippen molar-refractivity contribution in [3.8, 4) is 0 Å². The van der Waals surface area contributed by atoms with Crippen molar-refractivity contribution in [2.24, 2.45) is 0 Å². The van der Waals surface area contributed by atoms with Gasteiger partial charge in [0.2, 0.25) is 0 Å². The highest BCUT2D eigenvalue weighted by Crippen LogP contribution is 2.30. The average molecular weight is 348 g/mol. The number of hydrogen-bond acceptors (Lipinski definition) is 4. The van der Waals surface area contributed by atoms with Crippen LogP contribution in [0.15, 0.2) is 60.7 Å². The molecule has 0 aliphatic rings. The van der Waals surface area contributed by atoms with Gasteiger partial charge in [-0.3, -0.25) is 5.10 Å². The van der Waals surface area contributed by atoms with Crippen LogP contribution in [0.2, 0.25) is 0 Å². The van der Waals surface area contributed by atoms with Crippen LogP contribution in [0, 0.1) is 12.7 Å². The van der Waals surface area contributed by atoms with E-state index in [0.29, 0.717) is 17.1 Å². The fourth-order valence-corrected chi connectivity index (χ4v) is 2.88. The lowest BCUT2D eigenvalue weighted by molar-refractivity contribution is 0.215. The summed E-state index contributed by atoms with van der Waals surface area (Å²) in [5.74, 6) is 0.338. The molecule has 130 valence electrons. The number of fused-ring (bicyclic) bond motifs is 1. The molecule has 6 heteroatoms. The molecule has 0 radical (unpaired) electrons. The number of H-pyrrole nitrogens is 1. The molecule has 0 saturated carbocycles. The number of aryl methyl sites for hydroxylation is 1. The van der Waals surface area contributed by atoms with Crippen LogP contribution in [0.5, 0.6) is 0 Å². The summed E-state index contributed by atoms with van der Waals surface area (Å²) in [6.45, 7) is 1.92. The lowest BCUT2D eigenvalue weighted by atomic mass is 10.0. The van der Waals surface area contributed by atoms with Crippen LogP contribution in [-0.2, 0) is 0 Å². The first-order valence-corrected chi connectivity index (χ1v) is 8.22. The van der Waals surface area contributed by atoms with Gasteiger partial charge in [-0.2, -0.15) is 5.10 Å². The first-order chi connectivity index (χ1) is 12.6. The van der Waals surface area contributed by atoms with E-state index in [-0.39, 0.29) is 5.82 Å². The van der Waals surface area contributed by atoms with Crippen molar-refractivity contribution in [1.29, 1.82) is 0 Å². The summed E-state index contributed by atoms with van der Waals surface area (Å²) in [4.78, 5) is 4.57. The molecular weight excluding hydrogens is 331 g/mol. The van der Waals surface area contributed by atoms with E-state index in [9.17, 15) is 9.50 Å². The predicted molar refractivity (Wildman–Crippen MR) is 98.8 cm³/mol. The minimum absolute atomic E-state index is 0.344. The van der Waals surface area contributed by atoms with Gasteiger partial charge in [0.05, 0.1) is 16.9 Å². The van der Waals surface area contributed by atoms with Crippen molar-refractivity contribution in [3.63, 3.8) is 0 Å². The summed E-state index contributed by atoms with van der Waals surface area (Å²) in [5.41, 5.74) is 3.54. The van der Waals surface area contributed by atoms with Crippen LogP contribution >= 0.6 is 0 Å². The Kier molecular flexibility index (Phi) is 4.10.